The Balaban J connectivity index is 2.55. The third kappa shape index (κ3) is 5.22. The van der Waals surface area contributed by atoms with Gasteiger partial charge in [0.15, 0.2) is 0 Å². The second-order valence-electron chi connectivity index (χ2n) is 3.94. The lowest BCUT2D eigenvalue weighted by atomic mass is 10.5. The van der Waals surface area contributed by atoms with E-state index in [1.54, 1.807) is 0 Å². The van der Waals surface area contributed by atoms with Gasteiger partial charge in [0.2, 0.25) is 23.8 Å². The summed E-state index contributed by atoms with van der Waals surface area (Å²) in [5, 5.41) is 2.96. The molecule has 0 aliphatic carbocycles. The predicted molar refractivity (Wildman–Crippen MR) is 76.3 cm³/mol. The van der Waals surface area contributed by atoms with Crippen molar-refractivity contribution in [2.45, 2.75) is 13.8 Å². The molecule has 1 rings (SSSR count). The molecule has 0 bridgehead atoms. The molecule has 0 aromatic carbocycles. The van der Waals surface area contributed by atoms with Crippen LogP contribution >= 0.6 is 0 Å². The molecule has 9 heteroatoms. The fraction of sp³-hybridized carbons (Fsp3) is 0.636. The molecular formula is C11H21N7O2. The van der Waals surface area contributed by atoms with Gasteiger partial charge in [0, 0.05) is 19.6 Å². The molecule has 0 saturated heterocycles. The van der Waals surface area contributed by atoms with E-state index in [-0.39, 0.29) is 12.6 Å². The number of nitrogens with one attached hydrogen (secondary N) is 1. The van der Waals surface area contributed by atoms with E-state index in [1.807, 2.05) is 18.7 Å². The van der Waals surface area contributed by atoms with Crippen LogP contribution in [-0.2, 0) is 9.53 Å². The van der Waals surface area contributed by atoms with Crippen LogP contribution in [0.4, 0.5) is 17.8 Å². The topological polar surface area (TPSA) is 132 Å². The van der Waals surface area contributed by atoms with Crippen LogP contribution in [0.5, 0.6) is 0 Å². The molecule has 1 aromatic rings. The number of aromatic nitrogens is 3. The average Bonchev–Trinajstić information content (AvgIpc) is 2.39. The van der Waals surface area contributed by atoms with Crippen LogP contribution in [0.2, 0.25) is 0 Å². The largest absolute Gasteiger partial charge is 0.370 e. The number of hydrogen-bond donors (Lipinski definition) is 3. The lowest BCUT2D eigenvalue weighted by molar-refractivity contribution is -0.122. The SMILES string of the molecule is CCN(CC)c1nc(N)nc(NCCOCC(N)=O)n1. The first-order chi connectivity index (χ1) is 9.56. The first-order valence-electron chi connectivity index (χ1n) is 6.43. The van der Waals surface area contributed by atoms with Crippen LogP contribution < -0.4 is 21.7 Å². The third-order valence-corrected chi connectivity index (χ3v) is 2.46. The van der Waals surface area contributed by atoms with Crippen LogP contribution in [0.3, 0.4) is 0 Å². The summed E-state index contributed by atoms with van der Waals surface area (Å²) in [4.78, 5) is 24.8. The molecule has 1 heterocycles. The lowest BCUT2D eigenvalue weighted by Crippen LogP contribution is -2.26. The fourth-order valence-electron chi connectivity index (χ4n) is 1.52. The summed E-state index contributed by atoms with van der Waals surface area (Å²) in [6.07, 6.45) is 0. The molecule has 0 unspecified atom stereocenters. The molecule has 1 aromatic heterocycles. The van der Waals surface area contributed by atoms with Crippen LogP contribution in [0.1, 0.15) is 13.8 Å². The molecule has 9 nitrogen and oxygen atoms in total. The normalized spacial score (nSPS) is 10.3. The Labute approximate surface area is 117 Å². The van der Waals surface area contributed by atoms with Crippen molar-refractivity contribution in [1.82, 2.24) is 15.0 Å². The Hall–Kier alpha value is -2.16. The zero-order valence-corrected chi connectivity index (χ0v) is 11.8. The molecule has 5 N–H and O–H groups in total. The summed E-state index contributed by atoms with van der Waals surface area (Å²) in [7, 11) is 0. The van der Waals surface area contributed by atoms with Gasteiger partial charge in [0.05, 0.1) is 6.61 Å². The number of primary amides is 1. The van der Waals surface area contributed by atoms with E-state index in [0.717, 1.165) is 13.1 Å². The minimum absolute atomic E-state index is 0.105. The van der Waals surface area contributed by atoms with E-state index in [2.05, 4.69) is 20.3 Å². The maximum Gasteiger partial charge on any atom is 0.243 e. The molecule has 0 aliphatic rings. The Morgan fingerprint density at radius 3 is 2.60 bits per heavy atom. The minimum atomic E-state index is -0.502. The molecule has 0 atom stereocenters. The van der Waals surface area contributed by atoms with E-state index >= 15 is 0 Å². The van der Waals surface area contributed by atoms with Gasteiger partial charge in [-0.2, -0.15) is 15.0 Å². The maximum absolute atomic E-state index is 10.5. The highest BCUT2D eigenvalue weighted by molar-refractivity contribution is 5.74. The van der Waals surface area contributed by atoms with Crippen LogP contribution in [0.15, 0.2) is 0 Å². The van der Waals surface area contributed by atoms with Crippen LogP contribution in [0, 0.1) is 0 Å². The molecule has 0 spiro atoms. The van der Waals surface area contributed by atoms with Gasteiger partial charge in [-0.25, -0.2) is 0 Å². The summed E-state index contributed by atoms with van der Waals surface area (Å²) in [5.74, 6) is 0.561. The van der Waals surface area contributed by atoms with Gasteiger partial charge < -0.3 is 26.4 Å². The molecule has 20 heavy (non-hydrogen) atoms. The highest BCUT2D eigenvalue weighted by atomic mass is 16.5. The molecular weight excluding hydrogens is 262 g/mol. The molecule has 0 aliphatic heterocycles. The van der Waals surface area contributed by atoms with Crippen molar-refractivity contribution in [2.24, 2.45) is 5.73 Å². The van der Waals surface area contributed by atoms with Crippen molar-refractivity contribution in [2.75, 3.05) is 48.8 Å². The molecule has 0 radical (unpaired) electrons. The van der Waals surface area contributed by atoms with Gasteiger partial charge in [0.25, 0.3) is 0 Å². The number of rotatable bonds is 9. The Morgan fingerprint density at radius 2 is 2.00 bits per heavy atom. The highest BCUT2D eigenvalue weighted by Crippen LogP contribution is 2.11. The van der Waals surface area contributed by atoms with Gasteiger partial charge in [0.1, 0.15) is 6.61 Å². The van der Waals surface area contributed by atoms with Gasteiger partial charge in [-0.1, -0.05) is 0 Å². The number of carbonyl (C=O) groups excluding carboxylic acids is 1. The molecule has 1 amide bonds. The van der Waals surface area contributed by atoms with Crippen LogP contribution in [-0.4, -0.2) is 53.7 Å². The van der Waals surface area contributed by atoms with Crippen molar-refractivity contribution in [3.8, 4) is 0 Å². The van der Waals surface area contributed by atoms with Gasteiger partial charge in [-0.15, -0.1) is 0 Å². The number of nitrogens with zero attached hydrogens (tertiary/aromatic N) is 4. The first kappa shape index (κ1) is 15.9. The Kier molecular flexibility index (Phi) is 6.44. The Morgan fingerprint density at radius 1 is 1.30 bits per heavy atom. The standard InChI is InChI=1S/C11H21N7O2/c1-3-18(4-2)11-16-9(13)15-10(17-11)14-5-6-20-7-8(12)19/h3-7H2,1-2H3,(H2,12,19)(H3,13,14,15,16,17). The zero-order chi connectivity index (χ0) is 15.0. The first-order valence-corrected chi connectivity index (χ1v) is 6.43. The number of carbonyl (C=O) groups is 1. The summed E-state index contributed by atoms with van der Waals surface area (Å²) >= 11 is 0. The van der Waals surface area contributed by atoms with Gasteiger partial charge in [-0.3, -0.25) is 4.79 Å². The number of amides is 1. The summed E-state index contributed by atoms with van der Waals surface area (Å²) in [6, 6.07) is 0. The summed E-state index contributed by atoms with van der Waals surface area (Å²) in [6.45, 7) is 6.22. The van der Waals surface area contributed by atoms with E-state index in [0.29, 0.717) is 25.0 Å². The van der Waals surface area contributed by atoms with Crippen molar-refractivity contribution in [3.63, 3.8) is 0 Å². The highest BCUT2D eigenvalue weighted by Gasteiger charge is 2.09. The molecule has 0 saturated carbocycles. The van der Waals surface area contributed by atoms with Gasteiger partial charge >= 0.3 is 0 Å². The van der Waals surface area contributed by atoms with E-state index < -0.39 is 5.91 Å². The second-order valence-corrected chi connectivity index (χ2v) is 3.94. The van der Waals surface area contributed by atoms with Crippen molar-refractivity contribution < 1.29 is 9.53 Å². The van der Waals surface area contributed by atoms with Crippen molar-refractivity contribution in [3.05, 3.63) is 0 Å². The smallest absolute Gasteiger partial charge is 0.243 e. The third-order valence-electron chi connectivity index (χ3n) is 2.46. The van der Waals surface area contributed by atoms with E-state index in [4.69, 9.17) is 16.2 Å². The quantitative estimate of drug-likeness (QED) is 0.502. The predicted octanol–water partition coefficient (Wildman–Crippen LogP) is -0.786. The van der Waals surface area contributed by atoms with E-state index in [1.165, 1.54) is 0 Å². The number of nitrogen functional groups attached to an aromatic ring is 1. The van der Waals surface area contributed by atoms with E-state index in [9.17, 15) is 4.79 Å². The number of anilines is 3. The maximum atomic E-state index is 10.5. The van der Waals surface area contributed by atoms with Crippen molar-refractivity contribution in [1.29, 1.82) is 0 Å². The minimum Gasteiger partial charge on any atom is -0.370 e. The number of ether oxygens (including phenoxy) is 1. The average molecular weight is 283 g/mol. The van der Waals surface area contributed by atoms with Crippen LogP contribution in [0.25, 0.3) is 0 Å². The number of hydrogen-bond acceptors (Lipinski definition) is 8. The fourth-order valence-corrected chi connectivity index (χ4v) is 1.52. The molecule has 112 valence electrons. The number of nitrogens with two attached hydrogens (primary N) is 2. The molecule has 0 fully saturated rings. The van der Waals surface area contributed by atoms with Gasteiger partial charge in [-0.05, 0) is 13.8 Å². The summed E-state index contributed by atoms with van der Waals surface area (Å²) < 4.78 is 5.02. The Bertz CT molecular complexity index is 437. The lowest BCUT2D eigenvalue weighted by Gasteiger charge is -2.19. The second kappa shape index (κ2) is 8.10. The monoisotopic (exact) mass is 283 g/mol. The summed E-state index contributed by atoms with van der Waals surface area (Å²) in [5.41, 5.74) is 10.6. The van der Waals surface area contributed by atoms with Crippen molar-refractivity contribution >= 4 is 23.8 Å². The zero-order valence-electron chi connectivity index (χ0n) is 11.8.